The van der Waals surface area contributed by atoms with Crippen LogP contribution < -0.4 is 0 Å². The molecule has 1 spiro atoms. The van der Waals surface area contributed by atoms with E-state index in [4.69, 9.17) is 4.74 Å². The molecule has 1 aliphatic heterocycles. The summed E-state index contributed by atoms with van der Waals surface area (Å²) in [5.41, 5.74) is 4.59. The van der Waals surface area contributed by atoms with Gasteiger partial charge in [-0.05, 0) is 55.7 Å². The summed E-state index contributed by atoms with van der Waals surface area (Å²) in [7, 11) is 0. The Bertz CT molecular complexity index is 801. The van der Waals surface area contributed by atoms with Crippen LogP contribution >= 0.6 is 23.3 Å². The molecular weight excluding hydrogens is 331 g/mol. The van der Waals surface area contributed by atoms with Crippen LogP contribution in [-0.2, 0) is 11.2 Å². The third-order valence-electron chi connectivity index (χ3n) is 5.31. The Morgan fingerprint density at radius 3 is 2.70 bits per heavy atom. The number of benzene rings is 1. The van der Waals surface area contributed by atoms with Gasteiger partial charge in [0.15, 0.2) is 0 Å². The van der Waals surface area contributed by atoms with Gasteiger partial charge in [-0.2, -0.15) is 5.10 Å². The average molecular weight is 348 g/mol. The van der Waals surface area contributed by atoms with E-state index in [0.717, 1.165) is 30.6 Å². The van der Waals surface area contributed by atoms with Crippen LogP contribution in [-0.4, -0.2) is 21.0 Å². The molecule has 0 amide bonds. The zero-order chi connectivity index (χ0) is 16.2. The fourth-order valence-electron chi connectivity index (χ4n) is 4.02. The normalized spacial score (nSPS) is 29.7. The van der Waals surface area contributed by atoms with Crippen molar-refractivity contribution in [3.63, 3.8) is 0 Å². The van der Waals surface area contributed by atoms with Crippen LogP contribution in [0.1, 0.15) is 31.0 Å². The van der Waals surface area contributed by atoms with Gasteiger partial charge >= 0.3 is 0 Å². The number of rotatable bonds is 1. The van der Waals surface area contributed by atoms with Gasteiger partial charge < -0.3 is 4.74 Å². The summed E-state index contributed by atoms with van der Waals surface area (Å²) in [5, 5.41) is 4.49. The molecule has 6 heteroatoms. The van der Waals surface area contributed by atoms with Crippen LogP contribution in [0.2, 0.25) is 0 Å². The van der Waals surface area contributed by atoms with Gasteiger partial charge in [-0.25, -0.2) is 9.07 Å². The number of hydrogen-bond acceptors (Lipinski definition) is 4. The van der Waals surface area contributed by atoms with Gasteiger partial charge in [-0.1, -0.05) is 0 Å². The van der Waals surface area contributed by atoms with Crippen molar-refractivity contribution in [3.05, 3.63) is 53.1 Å². The van der Waals surface area contributed by atoms with Gasteiger partial charge in [-0.15, -0.1) is 23.3 Å². The first-order chi connectivity index (χ1) is 11.1. The predicted molar refractivity (Wildman–Crippen MR) is 94.6 cm³/mol. The molecule has 2 aromatic rings. The standard InChI is InChI=1S/C17H15FN2O.H2S2/c1-16-7-6-12-8-15-11(9-17(12,16)21-16)10-19-20(15)14-4-2-13(18)3-5-14;1-2/h2-5,8,10H,6-7,9H2,1H3;1-2H/t16-,17?;/m0./s1. The van der Waals surface area contributed by atoms with E-state index in [9.17, 15) is 4.39 Å². The molecule has 3 aliphatic rings. The lowest BCUT2D eigenvalue weighted by molar-refractivity contribution is 0.253. The monoisotopic (exact) mass is 348 g/mol. The lowest BCUT2D eigenvalue weighted by atomic mass is 9.84. The summed E-state index contributed by atoms with van der Waals surface area (Å²) in [6.45, 7) is 2.21. The Morgan fingerprint density at radius 1 is 1.26 bits per heavy atom. The fraction of sp³-hybridized carbons (Fsp3) is 0.353. The van der Waals surface area contributed by atoms with Crippen molar-refractivity contribution in [1.82, 2.24) is 9.78 Å². The van der Waals surface area contributed by atoms with Gasteiger partial charge in [0.05, 0.1) is 17.6 Å². The summed E-state index contributed by atoms with van der Waals surface area (Å²) in [6, 6.07) is 6.46. The second-order valence-electron chi connectivity index (χ2n) is 6.45. The molecule has 0 radical (unpaired) electrons. The molecule has 23 heavy (non-hydrogen) atoms. The van der Waals surface area contributed by atoms with E-state index in [-0.39, 0.29) is 17.0 Å². The van der Waals surface area contributed by atoms with E-state index in [2.05, 4.69) is 41.4 Å². The van der Waals surface area contributed by atoms with Crippen molar-refractivity contribution in [2.45, 2.75) is 37.4 Å². The third-order valence-corrected chi connectivity index (χ3v) is 5.31. The quantitative estimate of drug-likeness (QED) is 0.463. The minimum Gasteiger partial charge on any atom is -0.358 e. The van der Waals surface area contributed by atoms with Crippen LogP contribution in [0.5, 0.6) is 0 Å². The van der Waals surface area contributed by atoms with E-state index in [1.54, 1.807) is 12.1 Å². The zero-order valence-electron chi connectivity index (χ0n) is 12.7. The molecule has 0 N–H and O–H groups in total. The number of nitrogens with zero attached hydrogens (tertiary/aromatic N) is 2. The fourth-order valence-corrected chi connectivity index (χ4v) is 4.02. The van der Waals surface area contributed by atoms with Crippen LogP contribution in [0.25, 0.3) is 11.8 Å². The van der Waals surface area contributed by atoms with Gasteiger partial charge in [0.25, 0.3) is 0 Å². The topological polar surface area (TPSA) is 30.4 Å². The highest BCUT2D eigenvalue weighted by molar-refractivity contribution is 8.59. The Balaban J connectivity index is 0.000000652. The Labute approximate surface area is 144 Å². The summed E-state index contributed by atoms with van der Waals surface area (Å²) >= 11 is 6.44. The second-order valence-corrected chi connectivity index (χ2v) is 6.45. The SMILES string of the molecule is C[C@]12CCC3=Cc4c(cnn4-c4ccc(F)cc4)CC31O2.SS. The Hall–Kier alpha value is -1.24. The maximum atomic E-state index is 13.1. The van der Waals surface area contributed by atoms with E-state index in [1.807, 2.05) is 10.9 Å². The number of epoxide rings is 1. The molecular formula is C17H17FN2OS2. The summed E-state index contributed by atoms with van der Waals surface area (Å²) in [5.74, 6) is -0.227. The lowest BCUT2D eigenvalue weighted by Crippen LogP contribution is -2.24. The first-order valence-corrected chi connectivity index (χ1v) is 9.15. The molecule has 0 bridgehead atoms. The third kappa shape index (κ3) is 2.05. The number of thiol groups is 2. The second kappa shape index (κ2) is 5.13. The van der Waals surface area contributed by atoms with Crippen molar-refractivity contribution in [2.75, 3.05) is 0 Å². The highest BCUT2D eigenvalue weighted by Crippen LogP contribution is 2.65. The largest absolute Gasteiger partial charge is 0.358 e. The highest BCUT2D eigenvalue weighted by atomic mass is 33.1. The lowest BCUT2D eigenvalue weighted by Gasteiger charge is -2.19. The van der Waals surface area contributed by atoms with E-state index in [1.165, 1.54) is 23.3 Å². The first kappa shape index (κ1) is 15.3. The maximum Gasteiger partial charge on any atom is 0.123 e. The molecule has 2 aliphatic carbocycles. The minimum absolute atomic E-state index is 0.0362. The Morgan fingerprint density at radius 2 is 2.00 bits per heavy atom. The predicted octanol–water partition coefficient (Wildman–Crippen LogP) is 4.03. The molecule has 1 saturated heterocycles. The van der Waals surface area contributed by atoms with Crippen molar-refractivity contribution in [3.8, 4) is 5.69 Å². The summed E-state index contributed by atoms with van der Waals surface area (Å²) in [4.78, 5) is 0. The molecule has 1 saturated carbocycles. The van der Waals surface area contributed by atoms with Crippen LogP contribution in [0.4, 0.5) is 4.39 Å². The molecule has 2 fully saturated rings. The number of aromatic nitrogens is 2. The minimum atomic E-state index is -0.227. The van der Waals surface area contributed by atoms with E-state index < -0.39 is 0 Å². The average Bonchev–Trinajstić information content (AvgIpc) is 2.84. The van der Waals surface area contributed by atoms with Gasteiger partial charge in [0.1, 0.15) is 17.0 Å². The Kier molecular flexibility index (Phi) is 3.41. The van der Waals surface area contributed by atoms with Crippen LogP contribution in [0.3, 0.4) is 0 Å². The van der Waals surface area contributed by atoms with Crippen molar-refractivity contribution >= 4 is 29.4 Å². The molecule has 3 nitrogen and oxygen atoms in total. The number of halogens is 1. The van der Waals surface area contributed by atoms with Crippen molar-refractivity contribution < 1.29 is 9.13 Å². The van der Waals surface area contributed by atoms with Crippen molar-refractivity contribution in [1.29, 1.82) is 0 Å². The molecule has 120 valence electrons. The number of ether oxygens (including phenoxy) is 1. The number of fused-ring (bicyclic) bond motifs is 1. The van der Waals surface area contributed by atoms with Crippen LogP contribution in [0.15, 0.2) is 36.0 Å². The molecule has 1 aromatic heterocycles. The van der Waals surface area contributed by atoms with Crippen LogP contribution in [0, 0.1) is 5.82 Å². The molecule has 1 aromatic carbocycles. The molecule has 1 unspecified atom stereocenters. The molecule has 5 rings (SSSR count). The van der Waals surface area contributed by atoms with Gasteiger partial charge in [0, 0.05) is 12.0 Å². The first-order valence-electron chi connectivity index (χ1n) is 7.55. The maximum absolute atomic E-state index is 13.1. The smallest absolute Gasteiger partial charge is 0.123 e. The van der Waals surface area contributed by atoms with Crippen molar-refractivity contribution in [2.24, 2.45) is 0 Å². The molecule has 2 heterocycles. The van der Waals surface area contributed by atoms with E-state index in [0.29, 0.717) is 0 Å². The summed E-state index contributed by atoms with van der Waals surface area (Å²) < 4.78 is 21.0. The highest BCUT2D eigenvalue weighted by Gasteiger charge is 2.72. The van der Waals surface area contributed by atoms with Gasteiger partial charge in [0.2, 0.25) is 0 Å². The molecule has 2 atom stereocenters. The van der Waals surface area contributed by atoms with Gasteiger partial charge in [-0.3, -0.25) is 0 Å². The number of hydrogen-bond donors (Lipinski definition) is 2. The zero-order valence-corrected chi connectivity index (χ0v) is 14.4. The summed E-state index contributed by atoms with van der Waals surface area (Å²) in [6.07, 6.45) is 7.26. The van der Waals surface area contributed by atoms with E-state index >= 15 is 0 Å².